The molecule has 0 radical (unpaired) electrons. The normalized spacial score (nSPS) is 30.5. The first kappa shape index (κ1) is 42.1. The highest BCUT2D eigenvalue weighted by molar-refractivity contribution is 7.91. The van der Waals surface area contributed by atoms with Gasteiger partial charge in [-0.15, -0.1) is 0 Å². The lowest BCUT2D eigenvalue weighted by Crippen LogP contribution is -2.58. The van der Waals surface area contributed by atoms with Crippen LogP contribution in [0.3, 0.4) is 0 Å². The Morgan fingerprint density at radius 2 is 1.84 bits per heavy atom. The Morgan fingerprint density at radius 3 is 2.61 bits per heavy atom. The van der Waals surface area contributed by atoms with E-state index in [9.17, 15) is 27.6 Å². The van der Waals surface area contributed by atoms with Gasteiger partial charge < -0.3 is 34.5 Å². The van der Waals surface area contributed by atoms with E-state index in [-0.39, 0.29) is 43.6 Å². The summed E-state index contributed by atoms with van der Waals surface area (Å²) >= 11 is 0. The molecular formula is C45H54FN5O10S. The summed E-state index contributed by atoms with van der Waals surface area (Å²) in [6.07, 6.45) is 12.8. The Hall–Kier alpha value is -5.19. The number of aromatic nitrogens is 1. The SMILES string of the molecule is CCOC1=C(C)C2Oc3c(nc4ccc(F)cc4c3O[C@@H]3C[C@H]4C(=O)N[C@]5(C(=O)NS(=O)(=O)C6CC6)C[C@H]5/C=C\CCCCC[C@H](NC(=O)OC5CCCC5)C(=O)N4C3)C2C=C1. The molecule has 2 unspecified atom stereocenters. The second kappa shape index (κ2) is 16.8. The monoisotopic (exact) mass is 875 g/mol. The molecule has 3 saturated carbocycles. The van der Waals surface area contributed by atoms with Gasteiger partial charge in [0.15, 0.2) is 11.5 Å². The van der Waals surface area contributed by atoms with Crippen molar-refractivity contribution in [3.05, 3.63) is 65.3 Å². The number of pyridine rings is 1. The molecule has 15 nitrogen and oxygen atoms in total. The molecule has 0 spiro atoms. The highest BCUT2D eigenvalue weighted by atomic mass is 32.2. The molecule has 17 heteroatoms. The first-order valence-electron chi connectivity index (χ1n) is 22.2. The minimum absolute atomic E-state index is 0.0521. The number of hydrogen-bond donors (Lipinski definition) is 3. The van der Waals surface area contributed by atoms with E-state index < -0.39 is 80.7 Å². The van der Waals surface area contributed by atoms with E-state index >= 15 is 4.39 Å². The molecule has 3 N–H and O–H groups in total. The number of benzene rings is 1. The standard InChI is InChI=1S/C45H54FN5O10S/c1-3-58-36-20-18-31-37-40(61-38(31)25(36)2)39(32-21-27(46)15-19-33(32)47-37)59-29-22-35-41(52)49-45(43(54)50-62(56,57)30-16-17-30)23-26(45)11-7-5-4-6-8-14-34(42(53)51(35)24-29)48-44(55)60-28-12-9-10-13-28/h7,11,15,18-21,26,28-31,34-35,38H,3-6,8-10,12-14,16-17,22-24H2,1-2H3,(H,48,55)(H,49,52)(H,50,54)/b11-7-/t26-,29-,31?,34+,35+,38?,45-/m1/s1. The number of alkyl carbamates (subject to hydrolysis) is 1. The lowest BCUT2D eigenvalue weighted by atomic mass is 9.89. The van der Waals surface area contributed by atoms with Crippen LogP contribution in [-0.4, -0.2) is 96.5 Å². The van der Waals surface area contributed by atoms with E-state index in [1.807, 2.05) is 38.2 Å². The molecule has 4 fully saturated rings. The van der Waals surface area contributed by atoms with E-state index in [0.29, 0.717) is 60.4 Å². The van der Waals surface area contributed by atoms with Crippen molar-refractivity contribution in [3.63, 3.8) is 0 Å². The van der Waals surface area contributed by atoms with Gasteiger partial charge in [0.2, 0.25) is 21.8 Å². The second-order valence-corrected chi connectivity index (χ2v) is 19.7. The van der Waals surface area contributed by atoms with Crippen molar-refractivity contribution in [2.75, 3.05) is 13.2 Å². The van der Waals surface area contributed by atoms with Crippen LogP contribution in [0, 0.1) is 11.7 Å². The summed E-state index contributed by atoms with van der Waals surface area (Å²) in [6.45, 7) is 4.17. The van der Waals surface area contributed by atoms with Crippen LogP contribution >= 0.6 is 0 Å². The number of halogens is 1. The van der Waals surface area contributed by atoms with Crippen LogP contribution in [0.2, 0.25) is 0 Å². The quantitative estimate of drug-likeness (QED) is 0.270. The Bertz CT molecular complexity index is 2360. The summed E-state index contributed by atoms with van der Waals surface area (Å²) in [4.78, 5) is 63.0. The molecule has 7 atom stereocenters. The van der Waals surface area contributed by atoms with Crippen LogP contribution in [-0.2, 0) is 33.9 Å². The maximum atomic E-state index is 15.0. The van der Waals surface area contributed by atoms with Crippen molar-refractivity contribution in [1.29, 1.82) is 0 Å². The molecule has 4 heterocycles. The van der Waals surface area contributed by atoms with Crippen molar-refractivity contribution in [1.82, 2.24) is 25.2 Å². The topological polar surface area (TPSA) is 192 Å². The van der Waals surface area contributed by atoms with E-state index in [4.69, 9.17) is 23.9 Å². The fraction of sp³-hybridized carbons (Fsp3) is 0.578. The molecule has 62 heavy (non-hydrogen) atoms. The van der Waals surface area contributed by atoms with Crippen molar-refractivity contribution >= 4 is 44.7 Å². The smallest absolute Gasteiger partial charge is 0.408 e. The molecule has 0 bridgehead atoms. The van der Waals surface area contributed by atoms with Crippen LogP contribution in [0.5, 0.6) is 11.5 Å². The van der Waals surface area contributed by atoms with E-state index in [0.717, 1.165) is 44.1 Å². The predicted octanol–water partition coefficient (Wildman–Crippen LogP) is 5.49. The molecule has 1 aromatic heterocycles. The number of ether oxygens (including phenoxy) is 4. The van der Waals surface area contributed by atoms with Crippen molar-refractivity contribution in [2.45, 2.75) is 144 Å². The Morgan fingerprint density at radius 1 is 1.05 bits per heavy atom. The second-order valence-electron chi connectivity index (χ2n) is 17.7. The van der Waals surface area contributed by atoms with E-state index in [1.165, 1.54) is 17.0 Å². The summed E-state index contributed by atoms with van der Waals surface area (Å²) < 4.78 is 68.2. The predicted molar refractivity (Wildman–Crippen MR) is 224 cm³/mol. The van der Waals surface area contributed by atoms with Gasteiger partial charge in [-0.3, -0.25) is 19.1 Å². The van der Waals surface area contributed by atoms with Gasteiger partial charge >= 0.3 is 6.09 Å². The molecule has 2 aromatic rings. The average Bonchev–Trinajstić information content (AvgIpc) is 4.05. The zero-order chi connectivity index (χ0) is 43.3. The number of carbonyl (C=O) groups excluding carboxylic acids is 4. The maximum absolute atomic E-state index is 15.0. The summed E-state index contributed by atoms with van der Waals surface area (Å²) in [5.74, 6) is -2.10. The third-order valence-electron chi connectivity index (χ3n) is 13.3. The Labute approximate surface area is 360 Å². The minimum Gasteiger partial charge on any atom is -0.494 e. The Kier molecular flexibility index (Phi) is 11.4. The number of carbonyl (C=O) groups is 4. The van der Waals surface area contributed by atoms with Crippen LogP contribution in [0.4, 0.5) is 9.18 Å². The minimum atomic E-state index is -3.94. The fourth-order valence-corrected chi connectivity index (χ4v) is 11.0. The third kappa shape index (κ3) is 8.24. The molecule has 4 amide bonds. The van der Waals surface area contributed by atoms with E-state index in [1.54, 1.807) is 6.07 Å². The number of nitrogens with zero attached hydrogens (tertiary/aromatic N) is 2. The van der Waals surface area contributed by atoms with Crippen LogP contribution in [0.1, 0.15) is 109 Å². The van der Waals surface area contributed by atoms with Gasteiger partial charge in [-0.2, -0.15) is 0 Å². The van der Waals surface area contributed by atoms with Gasteiger partial charge in [0.25, 0.3) is 5.91 Å². The van der Waals surface area contributed by atoms with Gasteiger partial charge in [0.1, 0.15) is 47.5 Å². The summed E-state index contributed by atoms with van der Waals surface area (Å²) in [5.41, 5.74) is 0.344. The van der Waals surface area contributed by atoms with Crippen molar-refractivity contribution < 1.29 is 50.9 Å². The molecule has 7 aliphatic rings. The molecule has 4 aliphatic carbocycles. The zero-order valence-electron chi connectivity index (χ0n) is 35.0. The van der Waals surface area contributed by atoms with Crippen LogP contribution in [0.25, 0.3) is 10.9 Å². The molecular weight excluding hydrogens is 822 g/mol. The molecule has 1 aromatic carbocycles. The van der Waals surface area contributed by atoms with Gasteiger partial charge in [0, 0.05) is 23.3 Å². The number of allylic oxidation sites excluding steroid dienone is 2. The summed E-state index contributed by atoms with van der Waals surface area (Å²) in [5, 5.41) is 5.39. The van der Waals surface area contributed by atoms with Crippen molar-refractivity contribution in [2.24, 2.45) is 5.92 Å². The number of rotatable bonds is 9. The maximum Gasteiger partial charge on any atom is 0.408 e. The lowest BCUT2D eigenvalue weighted by Gasteiger charge is -2.30. The molecule has 332 valence electrons. The number of nitrogens with one attached hydrogen (secondary N) is 3. The van der Waals surface area contributed by atoms with Gasteiger partial charge in [-0.25, -0.2) is 22.6 Å². The number of hydrogen-bond acceptors (Lipinski definition) is 11. The molecule has 9 rings (SSSR count). The summed E-state index contributed by atoms with van der Waals surface area (Å²) in [7, 11) is -3.94. The fourth-order valence-electron chi connectivity index (χ4n) is 9.69. The average molecular weight is 876 g/mol. The highest BCUT2D eigenvalue weighted by Crippen LogP contribution is 2.51. The van der Waals surface area contributed by atoms with Gasteiger partial charge in [-0.05, 0) is 102 Å². The number of fused-ring (bicyclic) bond motifs is 6. The zero-order valence-corrected chi connectivity index (χ0v) is 35.8. The lowest BCUT2D eigenvalue weighted by molar-refractivity contribution is -0.141. The molecule has 3 aliphatic heterocycles. The highest BCUT2D eigenvalue weighted by Gasteiger charge is 2.62. The Balaban J connectivity index is 1.05. The third-order valence-corrected chi connectivity index (χ3v) is 15.2. The van der Waals surface area contributed by atoms with Crippen LogP contribution < -0.4 is 24.8 Å². The van der Waals surface area contributed by atoms with E-state index in [2.05, 4.69) is 15.4 Å². The molecule has 1 saturated heterocycles. The first-order valence-corrected chi connectivity index (χ1v) is 23.7. The van der Waals surface area contributed by atoms with Crippen molar-refractivity contribution in [3.8, 4) is 11.5 Å². The van der Waals surface area contributed by atoms with Gasteiger partial charge in [0.05, 0.1) is 35.5 Å². The summed E-state index contributed by atoms with van der Waals surface area (Å²) in [6, 6.07) is 1.95. The number of sulfonamides is 1. The van der Waals surface area contributed by atoms with Crippen LogP contribution in [0.15, 0.2) is 53.8 Å². The largest absolute Gasteiger partial charge is 0.494 e. The van der Waals surface area contributed by atoms with Gasteiger partial charge in [-0.1, -0.05) is 31.1 Å². The first-order chi connectivity index (χ1) is 29.8. The number of amides is 4.